The number of amides is 2. The van der Waals surface area contributed by atoms with Gasteiger partial charge in [0.05, 0.1) is 12.1 Å². The lowest BCUT2D eigenvalue weighted by atomic mass is 9.92. The van der Waals surface area contributed by atoms with E-state index in [9.17, 15) is 24.0 Å². The van der Waals surface area contributed by atoms with Crippen LogP contribution in [0.25, 0.3) is 5.57 Å². The first-order chi connectivity index (χ1) is 53.7. The molecule has 5 rings (SSSR count). The Labute approximate surface area is 706 Å². The minimum Gasteiger partial charge on any atom is -0.490 e. The predicted octanol–water partition coefficient (Wildman–Crippen LogP) is 27.0. The Morgan fingerprint density at radius 1 is 0.353 bits per heavy atom. The molecule has 0 radical (unpaired) electrons. The molecule has 0 saturated heterocycles. The fourth-order valence-electron chi connectivity index (χ4n) is 11.5. The highest BCUT2D eigenvalue weighted by Gasteiger charge is 2.24. The lowest BCUT2D eigenvalue weighted by Gasteiger charge is -2.27. The van der Waals surface area contributed by atoms with Crippen LogP contribution in [-0.2, 0) is 69.3 Å². The van der Waals surface area contributed by atoms with Gasteiger partial charge in [-0.2, -0.15) is 0 Å². The van der Waals surface area contributed by atoms with E-state index in [0.717, 1.165) is 71.5 Å². The van der Waals surface area contributed by atoms with Crippen LogP contribution in [0, 0.1) is 0 Å². The third-order valence-electron chi connectivity index (χ3n) is 18.3. The summed E-state index contributed by atoms with van der Waals surface area (Å²) < 4.78 is 47.5. The highest BCUT2D eigenvalue weighted by molar-refractivity contribution is 5.87. The zero-order chi connectivity index (χ0) is 81.2. The molecular weight excluding hydrogens is 1450 g/mol. The Morgan fingerprint density at radius 2 is 0.638 bits per heavy atom. The number of hydrogen-bond acceptors (Lipinski definition) is 14. The summed E-state index contributed by atoms with van der Waals surface area (Å²) in [6.45, 7) is 34.8. The van der Waals surface area contributed by atoms with Crippen molar-refractivity contribution in [1.29, 1.82) is 0 Å². The predicted molar refractivity (Wildman–Crippen MR) is 489 cm³/mol. The highest BCUT2D eigenvalue weighted by atomic mass is 16.6. The number of hydrogen-bond donors (Lipinski definition) is 2. The Balaban J connectivity index is -0.000000719. The molecular formula is C100H162N2O14. The van der Waals surface area contributed by atoms with Gasteiger partial charge in [-0.1, -0.05) is 318 Å². The van der Waals surface area contributed by atoms with Crippen LogP contribution in [0.15, 0.2) is 165 Å². The molecule has 0 saturated carbocycles. The molecule has 0 bridgehead atoms. The Hall–Kier alpha value is -8.79. The maximum Gasteiger partial charge on any atom is 0.407 e. The highest BCUT2D eigenvalue weighted by Crippen LogP contribution is 2.25. The van der Waals surface area contributed by atoms with Crippen molar-refractivity contribution >= 4 is 35.7 Å². The molecule has 656 valence electrons. The van der Waals surface area contributed by atoms with Crippen LogP contribution in [0.2, 0.25) is 0 Å². The summed E-state index contributed by atoms with van der Waals surface area (Å²) in [6.07, 6.45) is 41.8. The van der Waals surface area contributed by atoms with E-state index < -0.39 is 29.7 Å². The molecule has 116 heavy (non-hydrogen) atoms. The van der Waals surface area contributed by atoms with Crippen molar-refractivity contribution in [3.05, 3.63) is 198 Å². The van der Waals surface area contributed by atoms with E-state index in [0.29, 0.717) is 31.0 Å². The van der Waals surface area contributed by atoms with E-state index in [1.165, 1.54) is 202 Å². The number of ether oxygens (including phenoxy) is 9. The standard InChI is InChI=1S/C30H43NO3.C24H37NO5.C21H32O3.C20H30O3.5CH4/c1-6-7-8-9-10-11-12-14-25-17-19-28(20-18-25)33-21-22-34-29(32)31-30(4,5)27-16-13-15-26(23-27)24(2)3;1-4-5-6-7-8-9-10-11-21-12-14-22(15-13-21)28-18-19-30-24(27)25-16-17-29-23(26)20(2)3;1-4-5-6-7-8-9-10-11-19-12-14-20(15-13-19)23-16-17-24-21(22)18(2)3;1-3-5-6-7-8-9-10-11-18-12-14-19(15-13-18)22-16-17-23-20(21)4-2;;;;;/h13,15-20,23H,2,6-12,14,21-22H2,1,3-5H3,(H,31,32);12-15H,2,4-11,16-19H2,1,3H3,(H,25,27);12-15H,2,4-11,16-17H2,1,3H3;4,12-15H,2-3,5-11,16-17H2,1H3;5*1H4. The van der Waals surface area contributed by atoms with E-state index in [-0.39, 0.29) is 89.3 Å². The van der Waals surface area contributed by atoms with Gasteiger partial charge in [-0.25, -0.2) is 24.0 Å². The summed E-state index contributed by atoms with van der Waals surface area (Å²) in [5.74, 6) is 1.90. The van der Waals surface area contributed by atoms with E-state index in [2.05, 4.69) is 113 Å². The first-order valence-electron chi connectivity index (χ1n) is 41.7. The molecule has 0 aliphatic heterocycles. The summed E-state index contributed by atoms with van der Waals surface area (Å²) in [6, 6.07) is 40.7. The van der Waals surface area contributed by atoms with E-state index in [4.69, 9.17) is 42.6 Å². The van der Waals surface area contributed by atoms with E-state index >= 15 is 0 Å². The van der Waals surface area contributed by atoms with Crippen LogP contribution in [0.5, 0.6) is 23.0 Å². The molecule has 16 heteroatoms. The van der Waals surface area contributed by atoms with Gasteiger partial charge in [0.25, 0.3) is 0 Å². The van der Waals surface area contributed by atoms with E-state index in [1.54, 1.807) is 13.8 Å². The number of nitrogens with one attached hydrogen (secondary N) is 2. The number of aryl methyl sites for hydroxylation is 4. The van der Waals surface area contributed by atoms with Crippen molar-refractivity contribution in [3.63, 3.8) is 0 Å². The van der Waals surface area contributed by atoms with Gasteiger partial charge in [-0.3, -0.25) is 0 Å². The minimum atomic E-state index is -0.574. The average Bonchev–Trinajstić information content (AvgIpc) is 0.826. The molecule has 0 spiro atoms. The summed E-state index contributed by atoms with van der Waals surface area (Å²) in [5, 5.41) is 5.43. The zero-order valence-electron chi connectivity index (χ0n) is 69.9. The molecule has 0 unspecified atom stereocenters. The fraction of sp³-hybridized carbons (Fsp3) is 0.570. The summed E-state index contributed by atoms with van der Waals surface area (Å²) in [5.41, 5.74) is 8.57. The number of carbonyl (C=O) groups is 5. The van der Waals surface area contributed by atoms with Gasteiger partial charge in [-0.05, 0) is 174 Å². The second-order valence-electron chi connectivity index (χ2n) is 29.0. The van der Waals surface area contributed by atoms with Crippen molar-refractivity contribution in [1.82, 2.24) is 10.6 Å². The van der Waals surface area contributed by atoms with Gasteiger partial charge >= 0.3 is 30.1 Å². The van der Waals surface area contributed by atoms with Crippen LogP contribution in [0.1, 0.15) is 313 Å². The molecule has 2 amide bonds. The second-order valence-corrected chi connectivity index (χ2v) is 29.0. The number of unbranched alkanes of at least 4 members (excludes halogenated alkanes) is 24. The number of carbonyl (C=O) groups excluding carboxylic acids is 5. The quantitative estimate of drug-likeness (QED) is 0.0162. The van der Waals surface area contributed by atoms with Crippen molar-refractivity contribution in [2.24, 2.45) is 0 Å². The first-order valence-corrected chi connectivity index (χ1v) is 41.7. The number of allylic oxidation sites excluding steroid dienone is 1. The lowest BCUT2D eigenvalue weighted by molar-refractivity contribution is -0.140. The molecule has 0 heterocycles. The number of esters is 3. The van der Waals surface area contributed by atoms with Crippen molar-refractivity contribution in [2.45, 2.75) is 310 Å². The molecule has 2 N–H and O–H groups in total. The molecule has 0 aliphatic rings. The molecule has 0 fully saturated rings. The maximum absolute atomic E-state index is 12.3. The monoisotopic (exact) mass is 1620 g/mol. The van der Waals surface area contributed by atoms with Crippen LogP contribution < -0.4 is 29.6 Å². The largest absolute Gasteiger partial charge is 0.490 e. The minimum absolute atomic E-state index is 0. The zero-order valence-corrected chi connectivity index (χ0v) is 69.9. The summed E-state index contributed by atoms with van der Waals surface area (Å²) in [7, 11) is 0. The van der Waals surface area contributed by atoms with Crippen LogP contribution in [0.4, 0.5) is 9.59 Å². The third kappa shape index (κ3) is 60.7. The SMILES string of the molecule is C.C.C.C.C.C=C(C)C(=O)OCCNC(=O)OCCOc1ccc(CCCCCCCCC)cc1.C=C(C)C(=O)OCCOc1ccc(CCCCCCCCC)cc1.C=C(C)c1cccc(C(C)(C)NC(=O)OCCOc2ccc(CCCCCCCCC)cc2)c1.C=CC(=O)OCCOc1ccc(CCCCCCCCC)cc1. The average molecular weight is 1620 g/mol. The Morgan fingerprint density at radius 3 is 0.940 bits per heavy atom. The van der Waals surface area contributed by atoms with Crippen LogP contribution in [0.3, 0.4) is 0 Å². The molecule has 0 aliphatic carbocycles. The molecule has 5 aromatic carbocycles. The molecule has 16 nitrogen and oxygen atoms in total. The number of rotatable bonds is 57. The Bertz CT molecular complexity index is 3290. The second kappa shape index (κ2) is 75.0. The maximum atomic E-state index is 12.3. The topological polar surface area (TPSA) is 192 Å². The normalized spacial score (nSPS) is 10.1. The molecule has 0 atom stereocenters. The van der Waals surface area contributed by atoms with Crippen molar-refractivity contribution < 1.29 is 66.6 Å². The summed E-state index contributed by atoms with van der Waals surface area (Å²) in [4.78, 5) is 57.1. The third-order valence-corrected chi connectivity index (χ3v) is 18.3. The van der Waals surface area contributed by atoms with Crippen molar-refractivity contribution in [2.75, 3.05) is 66.0 Å². The number of alkyl carbamates (subject to hydrolysis) is 2. The number of benzene rings is 5. The van der Waals surface area contributed by atoms with Crippen molar-refractivity contribution in [3.8, 4) is 23.0 Å². The Kier molecular flexibility index (Phi) is 73.4. The van der Waals surface area contributed by atoms with Gasteiger partial charge in [0.1, 0.15) is 82.5 Å². The smallest absolute Gasteiger partial charge is 0.407 e. The van der Waals surface area contributed by atoms with Gasteiger partial charge in [0.2, 0.25) is 0 Å². The lowest BCUT2D eigenvalue weighted by Crippen LogP contribution is -2.41. The van der Waals surface area contributed by atoms with Gasteiger partial charge in [-0.15, -0.1) is 0 Å². The van der Waals surface area contributed by atoms with Gasteiger partial charge in [0.15, 0.2) is 0 Å². The van der Waals surface area contributed by atoms with E-state index in [1.807, 2.05) is 93.6 Å². The van der Waals surface area contributed by atoms with Crippen LogP contribution >= 0.6 is 0 Å². The van der Waals surface area contributed by atoms with Crippen LogP contribution in [-0.4, -0.2) is 96.1 Å². The van der Waals surface area contributed by atoms with Gasteiger partial charge in [0, 0.05) is 17.2 Å². The first kappa shape index (κ1) is 114. The molecule has 0 aromatic heterocycles. The molecule has 5 aromatic rings. The van der Waals surface area contributed by atoms with Gasteiger partial charge < -0.3 is 53.3 Å². The fourth-order valence-corrected chi connectivity index (χ4v) is 11.5. The summed E-state index contributed by atoms with van der Waals surface area (Å²) >= 11 is 0.